The van der Waals surface area contributed by atoms with Crippen LogP contribution in [-0.2, 0) is 9.53 Å². The molecule has 0 amide bonds. The van der Waals surface area contributed by atoms with E-state index < -0.39 is 5.97 Å². The SMILES string of the molecule is O=C(O)CCNc1cc(C2CCCO2)ncn1. The summed E-state index contributed by atoms with van der Waals surface area (Å²) in [5.74, 6) is -0.183. The summed E-state index contributed by atoms with van der Waals surface area (Å²) in [6, 6.07) is 1.82. The minimum Gasteiger partial charge on any atom is -0.481 e. The molecule has 1 saturated heterocycles. The highest BCUT2D eigenvalue weighted by Crippen LogP contribution is 2.27. The van der Waals surface area contributed by atoms with Crippen LogP contribution in [0.3, 0.4) is 0 Å². The first kappa shape index (κ1) is 11.8. The maximum absolute atomic E-state index is 10.4. The lowest BCUT2D eigenvalue weighted by molar-refractivity contribution is -0.136. The fourth-order valence-electron chi connectivity index (χ4n) is 1.75. The highest BCUT2D eigenvalue weighted by atomic mass is 16.5. The maximum atomic E-state index is 10.4. The van der Waals surface area contributed by atoms with Crippen molar-refractivity contribution in [3.05, 3.63) is 18.1 Å². The Kier molecular flexibility index (Phi) is 3.87. The van der Waals surface area contributed by atoms with E-state index >= 15 is 0 Å². The molecular weight excluding hydrogens is 222 g/mol. The molecule has 0 bridgehead atoms. The van der Waals surface area contributed by atoms with Gasteiger partial charge in [-0.2, -0.15) is 0 Å². The largest absolute Gasteiger partial charge is 0.481 e. The number of ether oxygens (including phenoxy) is 1. The van der Waals surface area contributed by atoms with Crippen molar-refractivity contribution in [2.75, 3.05) is 18.5 Å². The molecule has 1 aromatic heterocycles. The standard InChI is InChI=1S/C11H15N3O3/c15-11(16)3-4-12-10-6-8(13-7-14-10)9-2-1-5-17-9/h6-7,9H,1-5H2,(H,15,16)(H,12,13,14). The van der Waals surface area contributed by atoms with Crippen molar-refractivity contribution < 1.29 is 14.6 Å². The van der Waals surface area contributed by atoms with Crippen LogP contribution in [0.2, 0.25) is 0 Å². The molecule has 1 unspecified atom stereocenters. The third kappa shape index (κ3) is 3.39. The fourth-order valence-corrected chi connectivity index (χ4v) is 1.75. The van der Waals surface area contributed by atoms with Crippen LogP contribution in [0.5, 0.6) is 0 Å². The van der Waals surface area contributed by atoms with E-state index in [4.69, 9.17) is 9.84 Å². The third-order valence-electron chi connectivity index (χ3n) is 2.59. The van der Waals surface area contributed by atoms with Gasteiger partial charge in [-0.15, -0.1) is 0 Å². The molecule has 0 spiro atoms. The van der Waals surface area contributed by atoms with E-state index in [1.165, 1.54) is 6.33 Å². The molecule has 6 heteroatoms. The Labute approximate surface area is 99.0 Å². The van der Waals surface area contributed by atoms with Crippen molar-refractivity contribution >= 4 is 11.8 Å². The van der Waals surface area contributed by atoms with Gasteiger partial charge in [0.1, 0.15) is 12.1 Å². The molecule has 2 N–H and O–H groups in total. The summed E-state index contributed by atoms with van der Waals surface area (Å²) >= 11 is 0. The number of aromatic nitrogens is 2. The number of carbonyl (C=O) groups is 1. The number of rotatable bonds is 5. The molecule has 2 rings (SSSR count). The molecular formula is C11H15N3O3. The maximum Gasteiger partial charge on any atom is 0.305 e. The van der Waals surface area contributed by atoms with Crippen molar-refractivity contribution in [3.8, 4) is 0 Å². The van der Waals surface area contributed by atoms with Crippen molar-refractivity contribution in [2.45, 2.75) is 25.4 Å². The van der Waals surface area contributed by atoms with Gasteiger partial charge >= 0.3 is 5.97 Å². The van der Waals surface area contributed by atoms with Crippen molar-refractivity contribution in [2.24, 2.45) is 0 Å². The van der Waals surface area contributed by atoms with E-state index in [9.17, 15) is 4.79 Å². The smallest absolute Gasteiger partial charge is 0.305 e. The van der Waals surface area contributed by atoms with Gasteiger partial charge in [0, 0.05) is 19.2 Å². The molecule has 1 aliphatic heterocycles. The highest BCUT2D eigenvalue weighted by molar-refractivity contribution is 5.67. The zero-order chi connectivity index (χ0) is 12.1. The first-order valence-electron chi connectivity index (χ1n) is 5.65. The average molecular weight is 237 g/mol. The van der Waals surface area contributed by atoms with Gasteiger partial charge in [0.25, 0.3) is 0 Å². The first-order chi connectivity index (χ1) is 8.25. The highest BCUT2D eigenvalue weighted by Gasteiger charge is 2.19. The van der Waals surface area contributed by atoms with Crippen molar-refractivity contribution in [1.29, 1.82) is 0 Å². The summed E-state index contributed by atoms with van der Waals surface area (Å²) in [7, 11) is 0. The zero-order valence-electron chi connectivity index (χ0n) is 9.43. The summed E-state index contributed by atoms with van der Waals surface area (Å²) < 4.78 is 5.52. The van der Waals surface area contributed by atoms with Crippen molar-refractivity contribution in [1.82, 2.24) is 9.97 Å². The number of nitrogens with one attached hydrogen (secondary N) is 1. The van der Waals surface area contributed by atoms with Crippen LogP contribution < -0.4 is 5.32 Å². The summed E-state index contributed by atoms with van der Waals surface area (Å²) in [5, 5.41) is 11.5. The summed E-state index contributed by atoms with van der Waals surface area (Å²) in [6.45, 7) is 1.13. The topological polar surface area (TPSA) is 84.3 Å². The van der Waals surface area contributed by atoms with Crippen LogP contribution in [0.4, 0.5) is 5.82 Å². The number of hydrogen-bond acceptors (Lipinski definition) is 5. The molecule has 0 aromatic carbocycles. The molecule has 17 heavy (non-hydrogen) atoms. The summed E-state index contributed by atoms with van der Waals surface area (Å²) in [4.78, 5) is 18.6. The molecule has 1 atom stereocenters. The number of aliphatic carboxylic acids is 1. The van der Waals surface area contributed by atoms with Gasteiger partial charge in [0.2, 0.25) is 0 Å². The van der Waals surface area contributed by atoms with Gasteiger partial charge in [-0.05, 0) is 12.8 Å². The molecule has 1 aromatic rings. The number of carboxylic acids is 1. The Hall–Kier alpha value is -1.69. The normalized spacial score (nSPS) is 19.2. The predicted molar refractivity (Wildman–Crippen MR) is 60.7 cm³/mol. The summed E-state index contributed by atoms with van der Waals surface area (Å²) in [5.41, 5.74) is 0.857. The zero-order valence-corrected chi connectivity index (χ0v) is 9.43. The van der Waals surface area contributed by atoms with Crippen LogP contribution in [-0.4, -0.2) is 34.2 Å². The van der Waals surface area contributed by atoms with Gasteiger partial charge in [-0.1, -0.05) is 0 Å². The van der Waals surface area contributed by atoms with E-state index in [1.807, 2.05) is 6.07 Å². The Morgan fingerprint density at radius 2 is 2.47 bits per heavy atom. The van der Waals surface area contributed by atoms with Gasteiger partial charge < -0.3 is 15.2 Å². The van der Waals surface area contributed by atoms with Gasteiger partial charge in [-0.25, -0.2) is 9.97 Å². The molecule has 1 aliphatic rings. The Morgan fingerprint density at radius 1 is 1.59 bits per heavy atom. The Morgan fingerprint density at radius 3 is 3.18 bits per heavy atom. The van der Waals surface area contributed by atoms with Gasteiger partial charge in [0.15, 0.2) is 0 Å². The Balaban J connectivity index is 1.93. The molecule has 1 fully saturated rings. The second kappa shape index (κ2) is 5.58. The van der Waals surface area contributed by atoms with Crippen molar-refractivity contribution in [3.63, 3.8) is 0 Å². The molecule has 6 nitrogen and oxygen atoms in total. The van der Waals surface area contributed by atoms with E-state index in [1.54, 1.807) is 0 Å². The lowest BCUT2D eigenvalue weighted by atomic mass is 10.2. The van der Waals surface area contributed by atoms with Gasteiger partial charge in [-0.3, -0.25) is 4.79 Å². The third-order valence-corrected chi connectivity index (χ3v) is 2.59. The quantitative estimate of drug-likeness (QED) is 0.800. The number of carboxylic acid groups (broad SMARTS) is 1. The number of anilines is 1. The number of nitrogens with zero attached hydrogens (tertiary/aromatic N) is 2. The van der Waals surface area contributed by atoms with E-state index in [0.717, 1.165) is 25.1 Å². The second-order valence-electron chi connectivity index (χ2n) is 3.90. The van der Waals surface area contributed by atoms with Crippen LogP contribution in [0.1, 0.15) is 31.1 Å². The molecule has 92 valence electrons. The van der Waals surface area contributed by atoms with Crippen LogP contribution in [0.15, 0.2) is 12.4 Å². The Bertz CT molecular complexity index is 391. The van der Waals surface area contributed by atoms with Gasteiger partial charge in [0.05, 0.1) is 18.2 Å². The van der Waals surface area contributed by atoms with Crippen LogP contribution in [0.25, 0.3) is 0 Å². The monoisotopic (exact) mass is 237 g/mol. The average Bonchev–Trinajstić information content (AvgIpc) is 2.82. The second-order valence-corrected chi connectivity index (χ2v) is 3.90. The minimum absolute atomic E-state index is 0.0537. The van der Waals surface area contributed by atoms with E-state index in [0.29, 0.717) is 12.4 Å². The van der Waals surface area contributed by atoms with E-state index in [-0.39, 0.29) is 12.5 Å². The lowest BCUT2D eigenvalue weighted by Gasteiger charge is -2.10. The minimum atomic E-state index is -0.828. The summed E-state index contributed by atoms with van der Waals surface area (Å²) in [6.07, 6.45) is 3.62. The molecule has 2 heterocycles. The molecule has 0 aliphatic carbocycles. The van der Waals surface area contributed by atoms with Crippen LogP contribution in [0, 0.1) is 0 Å². The lowest BCUT2D eigenvalue weighted by Crippen LogP contribution is -2.09. The fraction of sp³-hybridized carbons (Fsp3) is 0.545. The predicted octanol–water partition coefficient (Wildman–Crippen LogP) is 1.21. The van der Waals surface area contributed by atoms with Crippen LogP contribution >= 0.6 is 0 Å². The van der Waals surface area contributed by atoms with E-state index in [2.05, 4.69) is 15.3 Å². The molecule has 0 saturated carbocycles. The first-order valence-corrected chi connectivity index (χ1v) is 5.65. The number of hydrogen-bond donors (Lipinski definition) is 2. The molecule has 0 radical (unpaired) electrons.